The van der Waals surface area contributed by atoms with E-state index in [1.54, 1.807) is 20.0 Å². The van der Waals surface area contributed by atoms with Gasteiger partial charge < -0.3 is 10.8 Å². The summed E-state index contributed by atoms with van der Waals surface area (Å²) in [5.41, 5.74) is 5.55. The molecule has 1 rings (SSSR count). The highest BCUT2D eigenvalue weighted by Crippen LogP contribution is 2.20. The summed E-state index contributed by atoms with van der Waals surface area (Å²) in [5.74, 6) is 0. The topological polar surface area (TPSA) is 59.1 Å². The zero-order chi connectivity index (χ0) is 9.19. The molecule has 1 aromatic heterocycles. The predicted octanol–water partition coefficient (Wildman–Crippen LogP) is 0.852. The van der Waals surface area contributed by atoms with Gasteiger partial charge in [0, 0.05) is 6.20 Å². The van der Waals surface area contributed by atoms with Crippen LogP contribution < -0.4 is 5.73 Å². The van der Waals surface area contributed by atoms with Gasteiger partial charge in [0.1, 0.15) is 0 Å². The Labute approximate surface area is 72.2 Å². The van der Waals surface area contributed by atoms with Crippen LogP contribution >= 0.6 is 0 Å². The van der Waals surface area contributed by atoms with E-state index in [-0.39, 0.29) is 0 Å². The third-order valence-electron chi connectivity index (χ3n) is 1.77. The van der Waals surface area contributed by atoms with E-state index in [0.29, 0.717) is 5.69 Å². The fourth-order valence-corrected chi connectivity index (χ4v) is 0.922. The molecule has 66 valence electrons. The van der Waals surface area contributed by atoms with Crippen molar-refractivity contribution in [3.63, 3.8) is 0 Å². The van der Waals surface area contributed by atoms with E-state index in [4.69, 9.17) is 5.73 Å². The molecule has 0 aromatic carbocycles. The minimum Gasteiger partial charge on any atom is -0.388 e. The van der Waals surface area contributed by atoms with Crippen LogP contribution in [0.1, 0.15) is 25.6 Å². The zero-order valence-electron chi connectivity index (χ0n) is 7.36. The van der Waals surface area contributed by atoms with Gasteiger partial charge in [0.25, 0.3) is 0 Å². The standard InChI is InChI=1S/C9H14N2O/c1-9(2,12)8(10)7-5-3-4-6-11-7/h3-6,8,12H,10H2,1-2H3. The smallest absolute Gasteiger partial charge is 0.0798 e. The molecule has 0 aliphatic carbocycles. The van der Waals surface area contributed by atoms with E-state index >= 15 is 0 Å². The van der Waals surface area contributed by atoms with Crippen LogP contribution in [0.25, 0.3) is 0 Å². The van der Waals surface area contributed by atoms with Crippen molar-refractivity contribution in [3.8, 4) is 0 Å². The van der Waals surface area contributed by atoms with Gasteiger partial charge in [0.15, 0.2) is 0 Å². The summed E-state index contributed by atoms with van der Waals surface area (Å²) >= 11 is 0. The highest BCUT2D eigenvalue weighted by atomic mass is 16.3. The Bertz CT molecular complexity index is 240. The van der Waals surface area contributed by atoms with Crippen LogP contribution in [0.4, 0.5) is 0 Å². The summed E-state index contributed by atoms with van der Waals surface area (Å²) < 4.78 is 0. The Morgan fingerprint density at radius 2 is 2.17 bits per heavy atom. The average Bonchev–Trinajstić information content (AvgIpc) is 2.03. The summed E-state index contributed by atoms with van der Waals surface area (Å²) in [5, 5.41) is 9.57. The van der Waals surface area contributed by atoms with Crippen molar-refractivity contribution in [1.82, 2.24) is 4.98 Å². The Kier molecular flexibility index (Phi) is 2.45. The molecule has 0 spiro atoms. The molecule has 0 radical (unpaired) electrons. The molecule has 12 heavy (non-hydrogen) atoms. The summed E-state index contributed by atoms with van der Waals surface area (Å²) in [4.78, 5) is 4.06. The zero-order valence-corrected chi connectivity index (χ0v) is 7.36. The van der Waals surface area contributed by atoms with Crippen molar-refractivity contribution in [3.05, 3.63) is 30.1 Å². The number of rotatable bonds is 2. The Morgan fingerprint density at radius 3 is 2.58 bits per heavy atom. The molecule has 0 bridgehead atoms. The molecule has 0 aliphatic heterocycles. The van der Waals surface area contributed by atoms with Crippen molar-refractivity contribution in [2.75, 3.05) is 0 Å². The Balaban J connectivity index is 2.86. The predicted molar refractivity (Wildman–Crippen MR) is 47.5 cm³/mol. The fraction of sp³-hybridized carbons (Fsp3) is 0.444. The lowest BCUT2D eigenvalue weighted by Gasteiger charge is -2.24. The lowest BCUT2D eigenvalue weighted by atomic mass is 9.97. The highest BCUT2D eigenvalue weighted by Gasteiger charge is 2.24. The normalized spacial score (nSPS) is 14.3. The second-order valence-corrected chi connectivity index (χ2v) is 3.39. The minimum absolute atomic E-state index is 0.432. The minimum atomic E-state index is -0.922. The third-order valence-corrected chi connectivity index (χ3v) is 1.77. The van der Waals surface area contributed by atoms with E-state index in [0.717, 1.165) is 0 Å². The molecule has 0 amide bonds. The molecular formula is C9H14N2O. The SMILES string of the molecule is CC(C)(O)C(N)c1ccccn1. The van der Waals surface area contributed by atoms with Gasteiger partial charge in [0.2, 0.25) is 0 Å². The van der Waals surface area contributed by atoms with E-state index in [9.17, 15) is 5.11 Å². The summed E-state index contributed by atoms with van der Waals surface area (Å²) in [6.07, 6.45) is 1.67. The van der Waals surface area contributed by atoms with Crippen molar-refractivity contribution in [1.29, 1.82) is 0 Å². The number of nitrogens with two attached hydrogens (primary N) is 1. The fourth-order valence-electron chi connectivity index (χ4n) is 0.922. The maximum atomic E-state index is 9.57. The van der Waals surface area contributed by atoms with Crippen LogP contribution in [-0.4, -0.2) is 15.7 Å². The Hall–Kier alpha value is -0.930. The second kappa shape index (κ2) is 3.21. The van der Waals surface area contributed by atoms with Gasteiger partial charge in [-0.3, -0.25) is 4.98 Å². The number of aliphatic hydroxyl groups is 1. The number of hydrogen-bond acceptors (Lipinski definition) is 3. The van der Waals surface area contributed by atoms with Gasteiger partial charge >= 0.3 is 0 Å². The number of hydrogen-bond donors (Lipinski definition) is 2. The maximum Gasteiger partial charge on any atom is 0.0798 e. The lowest BCUT2D eigenvalue weighted by molar-refractivity contribution is 0.0503. The molecule has 0 saturated heterocycles. The number of pyridine rings is 1. The quantitative estimate of drug-likeness (QED) is 0.684. The monoisotopic (exact) mass is 166 g/mol. The summed E-state index contributed by atoms with van der Waals surface area (Å²) in [6.45, 7) is 3.35. The van der Waals surface area contributed by atoms with E-state index < -0.39 is 11.6 Å². The average molecular weight is 166 g/mol. The van der Waals surface area contributed by atoms with E-state index in [1.165, 1.54) is 0 Å². The van der Waals surface area contributed by atoms with Crippen LogP contribution in [0.3, 0.4) is 0 Å². The molecule has 0 fully saturated rings. The first kappa shape index (κ1) is 9.16. The molecule has 1 heterocycles. The molecule has 1 unspecified atom stereocenters. The Morgan fingerprint density at radius 1 is 1.50 bits per heavy atom. The van der Waals surface area contributed by atoms with Crippen LogP contribution in [0.15, 0.2) is 24.4 Å². The second-order valence-electron chi connectivity index (χ2n) is 3.39. The molecule has 1 aromatic rings. The van der Waals surface area contributed by atoms with Crippen molar-refractivity contribution in [2.45, 2.75) is 25.5 Å². The van der Waals surface area contributed by atoms with Gasteiger partial charge in [-0.05, 0) is 26.0 Å². The van der Waals surface area contributed by atoms with Gasteiger partial charge in [-0.1, -0.05) is 6.07 Å². The van der Waals surface area contributed by atoms with Crippen LogP contribution in [0, 0.1) is 0 Å². The van der Waals surface area contributed by atoms with Crippen molar-refractivity contribution >= 4 is 0 Å². The highest BCUT2D eigenvalue weighted by molar-refractivity contribution is 5.11. The van der Waals surface area contributed by atoms with Gasteiger partial charge in [-0.2, -0.15) is 0 Å². The summed E-state index contributed by atoms with van der Waals surface area (Å²) in [6, 6.07) is 5.05. The van der Waals surface area contributed by atoms with Crippen molar-refractivity contribution < 1.29 is 5.11 Å². The summed E-state index contributed by atoms with van der Waals surface area (Å²) in [7, 11) is 0. The molecule has 3 heteroatoms. The van der Waals surface area contributed by atoms with Crippen LogP contribution in [0.2, 0.25) is 0 Å². The molecule has 1 atom stereocenters. The third kappa shape index (κ3) is 2.03. The number of nitrogens with zero attached hydrogens (tertiary/aromatic N) is 1. The van der Waals surface area contributed by atoms with Crippen LogP contribution in [0.5, 0.6) is 0 Å². The molecular weight excluding hydrogens is 152 g/mol. The first-order valence-corrected chi connectivity index (χ1v) is 3.90. The number of aromatic nitrogens is 1. The molecule has 0 saturated carbocycles. The van der Waals surface area contributed by atoms with E-state index in [1.807, 2.05) is 18.2 Å². The van der Waals surface area contributed by atoms with Crippen molar-refractivity contribution in [2.24, 2.45) is 5.73 Å². The van der Waals surface area contributed by atoms with Gasteiger partial charge in [0.05, 0.1) is 17.3 Å². The molecule has 3 nitrogen and oxygen atoms in total. The van der Waals surface area contributed by atoms with Gasteiger partial charge in [-0.15, -0.1) is 0 Å². The van der Waals surface area contributed by atoms with Gasteiger partial charge in [-0.25, -0.2) is 0 Å². The van der Waals surface area contributed by atoms with E-state index in [2.05, 4.69) is 4.98 Å². The lowest BCUT2D eigenvalue weighted by Crippen LogP contribution is -2.35. The molecule has 3 N–H and O–H groups in total. The molecule has 0 aliphatic rings. The maximum absolute atomic E-state index is 9.57. The van der Waals surface area contributed by atoms with Crippen LogP contribution in [-0.2, 0) is 0 Å². The largest absolute Gasteiger partial charge is 0.388 e. The first-order chi connectivity index (χ1) is 5.52. The first-order valence-electron chi connectivity index (χ1n) is 3.90.